The zero-order chi connectivity index (χ0) is 23.3. The van der Waals surface area contributed by atoms with Gasteiger partial charge in [-0.2, -0.15) is 17.0 Å². The molecule has 32 heavy (non-hydrogen) atoms. The van der Waals surface area contributed by atoms with Crippen molar-refractivity contribution in [1.29, 1.82) is 0 Å². The summed E-state index contributed by atoms with van der Waals surface area (Å²) in [6, 6.07) is 16.2. The van der Waals surface area contributed by atoms with Crippen LogP contribution in [0.5, 0.6) is 0 Å². The molecule has 2 atom stereocenters. The Kier molecular flexibility index (Phi) is 7.65. The molecule has 0 bridgehead atoms. The Morgan fingerprint density at radius 2 is 1.72 bits per heavy atom. The van der Waals surface area contributed by atoms with Crippen LogP contribution in [0.3, 0.4) is 0 Å². The van der Waals surface area contributed by atoms with E-state index in [0.717, 1.165) is 9.87 Å². The van der Waals surface area contributed by atoms with Crippen LogP contribution in [0.1, 0.15) is 41.7 Å². The molecule has 0 unspecified atom stereocenters. The summed E-state index contributed by atoms with van der Waals surface area (Å²) in [5.74, 6) is -1.07. The summed E-state index contributed by atoms with van der Waals surface area (Å²) < 4.78 is 27.4. The van der Waals surface area contributed by atoms with Crippen LogP contribution < -0.4 is 10.6 Å². The van der Waals surface area contributed by atoms with Crippen LogP contribution in [0.25, 0.3) is 0 Å². The Morgan fingerprint density at radius 3 is 2.41 bits per heavy atom. The topological polar surface area (TPSA) is 98.8 Å². The average molecular weight is 459 g/mol. The lowest BCUT2D eigenvalue weighted by atomic mass is 9.98. The monoisotopic (exact) mass is 458 g/mol. The Hall–Kier alpha value is -2.75. The van der Waals surface area contributed by atoms with Crippen molar-refractivity contribution in [3.05, 3.63) is 65.7 Å². The number of hydrogen-bond acceptors (Lipinski definition) is 4. The third kappa shape index (κ3) is 5.53. The van der Waals surface area contributed by atoms with E-state index in [1.165, 1.54) is 18.4 Å². The third-order valence-electron chi connectivity index (χ3n) is 5.62. The van der Waals surface area contributed by atoms with Crippen molar-refractivity contribution in [1.82, 2.24) is 13.9 Å². The second-order valence-electron chi connectivity index (χ2n) is 8.13. The van der Waals surface area contributed by atoms with Gasteiger partial charge in [-0.25, -0.2) is 0 Å². The molecule has 0 aromatic heterocycles. The molecule has 0 saturated carbocycles. The molecule has 2 N–H and O–H groups in total. The predicted octanol–water partition coefficient (Wildman–Crippen LogP) is 2.63. The summed E-state index contributed by atoms with van der Waals surface area (Å²) in [4.78, 5) is 25.9. The number of nitrogens with one attached hydrogen (secondary N) is 2. The maximum absolute atomic E-state index is 13.0. The van der Waals surface area contributed by atoms with Gasteiger partial charge >= 0.3 is 0 Å². The minimum Gasteiger partial charge on any atom is -0.345 e. The second-order valence-corrected chi connectivity index (χ2v) is 10.3. The number of amides is 2. The molecule has 1 aliphatic rings. The first-order valence-electron chi connectivity index (χ1n) is 10.6. The molecule has 9 heteroatoms. The van der Waals surface area contributed by atoms with Gasteiger partial charge in [0.1, 0.15) is 0 Å². The number of benzene rings is 2. The van der Waals surface area contributed by atoms with Gasteiger partial charge in [0.25, 0.3) is 16.1 Å². The van der Waals surface area contributed by atoms with Crippen molar-refractivity contribution in [2.75, 3.05) is 32.5 Å². The van der Waals surface area contributed by atoms with Crippen LogP contribution in [0.15, 0.2) is 54.6 Å². The highest BCUT2D eigenvalue weighted by Gasteiger charge is 2.33. The van der Waals surface area contributed by atoms with Crippen molar-refractivity contribution in [2.45, 2.75) is 25.8 Å². The predicted molar refractivity (Wildman–Crippen MR) is 124 cm³/mol. The number of piperidine rings is 1. The lowest BCUT2D eigenvalue weighted by molar-refractivity contribution is -0.120. The summed E-state index contributed by atoms with van der Waals surface area (Å²) in [6.07, 6.45) is 1.19. The molecule has 2 amide bonds. The van der Waals surface area contributed by atoms with E-state index in [1.807, 2.05) is 37.3 Å². The Labute approximate surface area is 189 Å². The molecule has 1 heterocycles. The quantitative estimate of drug-likeness (QED) is 0.666. The maximum atomic E-state index is 13.0. The number of rotatable bonds is 7. The van der Waals surface area contributed by atoms with E-state index in [-0.39, 0.29) is 24.4 Å². The van der Waals surface area contributed by atoms with Crippen molar-refractivity contribution < 1.29 is 18.0 Å². The van der Waals surface area contributed by atoms with Gasteiger partial charge in [-0.3, -0.25) is 9.59 Å². The fourth-order valence-electron chi connectivity index (χ4n) is 3.72. The van der Waals surface area contributed by atoms with Crippen molar-refractivity contribution >= 4 is 27.7 Å². The van der Waals surface area contributed by atoms with Gasteiger partial charge in [0.15, 0.2) is 0 Å². The number of anilines is 1. The summed E-state index contributed by atoms with van der Waals surface area (Å²) >= 11 is 0. The van der Waals surface area contributed by atoms with Crippen LogP contribution in [0.4, 0.5) is 5.69 Å². The molecule has 0 spiro atoms. The largest absolute Gasteiger partial charge is 0.345 e. The minimum atomic E-state index is -3.58. The van der Waals surface area contributed by atoms with Gasteiger partial charge in [0.05, 0.1) is 23.2 Å². The van der Waals surface area contributed by atoms with Gasteiger partial charge < -0.3 is 10.6 Å². The number of nitrogens with zero attached hydrogens (tertiary/aromatic N) is 2. The molecular weight excluding hydrogens is 428 g/mol. The fourth-order valence-corrected chi connectivity index (χ4v) is 4.91. The van der Waals surface area contributed by atoms with E-state index < -0.39 is 16.1 Å². The molecular formula is C23H30N4O4S. The summed E-state index contributed by atoms with van der Waals surface area (Å²) in [7, 11) is -0.625. The van der Waals surface area contributed by atoms with Crippen LogP contribution in [-0.4, -0.2) is 56.0 Å². The average Bonchev–Trinajstić information content (AvgIpc) is 2.79. The minimum absolute atomic E-state index is 0.117. The Balaban J connectivity index is 1.70. The van der Waals surface area contributed by atoms with Gasteiger partial charge in [0.2, 0.25) is 5.91 Å². The van der Waals surface area contributed by atoms with E-state index in [2.05, 4.69) is 10.6 Å². The lowest BCUT2D eigenvalue weighted by Crippen LogP contribution is -2.47. The molecule has 2 aromatic carbocycles. The molecule has 1 saturated heterocycles. The van der Waals surface area contributed by atoms with Gasteiger partial charge in [-0.1, -0.05) is 42.5 Å². The van der Waals surface area contributed by atoms with E-state index in [9.17, 15) is 18.0 Å². The fraction of sp³-hybridized carbons (Fsp3) is 0.391. The molecule has 172 valence electrons. The van der Waals surface area contributed by atoms with E-state index in [1.54, 1.807) is 24.3 Å². The number of hydrogen-bond donors (Lipinski definition) is 2. The third-order valence-corrected chi connectivity index (χ3v) is 7.53. The highest BCUT2D eigenvalue weighted by atomic mass is 32.2. The first kappa shape index (κ1) is 23.9. The van der Waals surface area contributed by atoms with Gasteiger partial charge in [-0.05, 0) is 37.5 Å². The molecule has 3 rings (SSSR count). The molecule has 1 fully saturated rings. The molecule has 0 aliphatic carbocycles. The van der Waals surface area contributed by atoms with Crippen LogP contribution >= 0.6 is 0 Å². The maximum Gasteiger partial charge on any atom is 0.281 e. The highest BCUT2D eigenvalue weighted by Crippen LogP contribution is 2.23. The van der Waals surface area contributed by atoms with Crippen molar-refractivity contribution in [3.63, 3.8) is 0 Å². The number of carbonyl (C=O) groups is 2. The lowest BCUT2D eigenvalue weighted by Gasteiger charge is -2.32. The first-order valence-corrected chi connectivity index (χ1v) is 12.0. The van der Waals surface area contributed by atoms with E-state index >= 15 is 0 Å². The Bertz CT molecular complexity index is 1060. The van der Waals surface area contributed by atoms with Gasteiger partial charge in [-0.15, -0.1) is 0 Å². The van der Waals surface area contributed by atoms with Crippen LogP contribution in [0, 0.1) is 5.92 Å². The molecule has 1 aliphatic heterocycles. The van der Waals surface area contributed by atoms with Crippen LogP contribution in [-0.2, 0) is 15.0 Å². The van der Waals surface area contributed by atoms with E-state index in [4.69, 9.17) is 0 Å². The van der Waals surface area contributed by atoms with Gasteiger partial charge in [0, 0.05) is 27.2 Å². The van der Waals surface area contributed by atoms with E-state index in [0.29, 0.717) is 30.6 Å². The van der Waals surface area contributed by atoms with Crippen molar-refractivity contribution in [2.24, 2.45) is 5.92 Å². The molecule has 8 nitrogen and oxygen atoms in total. The number of para-hydroxylation sites is 1. The van der Waals surface area contributed by atoms with Crippen LogP contribution in [0.2, 0.25) is 0 Å². The number of carbonyl (C=O) groups excluding carboxylic acids is 2. The summed E-state index contributed by atoms with van der Waals surface area (Å²) in [6.45, 7) is 2.41. The highest BCUT2D eigenvalue weighted by molar-refractivity contribution is 7.86. The molecule has 2 aromatic rings. The SMILES string of the molecule is C[C@H](NC(=O)c1ccccc1NC(=O)[C@H]1CCCN(S(=O)(=O)N(C)C)C1)c1ccccc1. The zero-order valence-corrected chi connectivity index (χ0v) is 19.4. The van der Waals surface area contributed by atoms with Crippen molar-refractivity contribution in [3.8, 4) is 0 Å². The smallest absolute Gasteiger partial charge is 0.281 e. The zero-order valence-electron chi connectivity index (χ0n) is 18.6. The standard InChI is InChI=1S/C23H30N4O4S/c1-17(18-10-5-4-6-11-18)24-23(29)20-13-7-8-14-21(20)25-22(28)19-12-9-15-27(16-19)32(30,31)26(2)3/h4-8,10-11,13-14,17,19H,9,12,15-16H2,1-3H3,(H,24,29)(H,25,28)/t17-,19-/m0/s1. The first-order chi connectivity index (χ1) is 15.2. The second kappa shape index (κ2) is 10.2. The Morgan fingerprint density at radius 1 is 1.06 bits per heavy atom. The normalized spacial score (nSPS) is 18.2. The summed E-state index contributed by atoms with van der Waals surface area (Å²) in [5.41, 5.74) is 1.74. The summed E-state index contributed by atoms with van der Waals surface area (Å²) in [5, 5.41) is 5.80. The molecule has 0 radical (unpaired) electrons.